The molecule has 0 aromatic rings. The average molecular weight is 217 g/mol. The molecular weight excluding hydrogens is 198 g/mol. The van der Waals surface area contributed by atoms with Crippen molar-refractivity contribution in [1.82, 2.24) is 5.32 Å². The van der Waals surface area contributed by atoms with E-state index in [0.29, 0.717) is 6.42 Å². The van der Waals surface area contributed by atoms with Crippen molar-refractivity contribution in [3.05, 3.63) is 0 Å². The zero-order valence-electron chi connectivity index (χ0n) is 8.91. The maximum Gasteiger partial charge on any atom is 0.148 e. The molecule has 0 aliphatic rings. The lowest BCUT2D eigenvalue weighted by molar-refractivity contribution is 0.511. The van der Waals surface area contributed by atoms with Gasteiger partial charge in [-0.2, -0.15) is 0 Å². The molecule has 0 aromatic carbocycles. The van der Waals surface area contributed by atoms with Gasteiger partial charge in [0, 0.05) is 18.7 Å². The van der Waals surface area contributed by atoms with Gasteiger partial charge in [-0.3, -0.25) is 0 Å². The third kappa shape index (κ3) is 8.09. The third-order valence-electron chi connectivity index (χ3n) is 1.82. The molecule has 1 atom stereocenters. The van der Waals surface area contributed by atoms with E-state index in [1.807, 2.05) is 6.92 Å². The minimum absolute atomic E-state index is 0.000926. The van der Waals surface area contributed by atoms with Crippen molar-refractivity contribution in [2.45, 2.75) is 32.2 Å². The third-order valence-corrected chi connectivity index (χ3v) is 2.83. The minimum atomic E-state index is -2.92. The van der Waals surface area contributed by atoms with Crippen LogP contribution in [0.15, 0.2) is 0 Å². The highest BCUT2D eigenvalue weighted by Crippen LogP contribution is 2.00. The van der Waals surface area contributed by atoms with Crippen LogP contribution in [0.3, 0.4) is 0 Å². The molecule has 0 amide bonds. The summed E-state index contributed by atoms with van der Waals surface area (Å²) in [6.45, 7) is 2.89. The summed E-state index contributed by atoms with van der Waals surface area (Å²) in [4.78, 5) is 0. The Bertz CT molecular complexity index is 277. The first kappa shape index (κ1) is 13.5. The summed E-state index contributed by atoms with van der Waals surface area (Å²) in [5.41, 5.74) is 0. The first-order valence-electron chi connectivity index (χ1n) is 4.84. The maximum atomic E-state index is 11.1. The van der Waals surface area contributed by atoms with Crippen LogP contribution in [0.2, 0.25) is 0 Å². The first-order chi connectivity index (χ1) is 6.49. The summed E-state index contributed by atoms with van der Waals surface area (Å²) in [7, 11) is -2.92. The van der Waals surface area contributed by atoms with E-state index in [1.165, 1.54) is 6.26 Å². The molecule has 82 valence electrons. The van der Waals surface area contributed by atoms with E-state index in [1.54, 1.807) is 0 Å². The van der Waals surface area contributed by atoms with Crippen molar-refractivity contribution in [1.29, 1.82) is 0 Å². The molecule has 0 saturated heterocycles. The fourth-order valence-electron chi connectivity index (χ4n) is 1.22. The summed E-state index contributed by atoms with van der Waals surface area (Å²) in [5, 5.41) is 3.19. The minimum Gasteiger partial charge on any atom is -0.313 e. The fraction of sp³-hybridized carbons (Fsp3) is 0.800. The van der Waals surface area contributed by atoms with Crippen molar-refractivity contribution in [3.63, 3.8) is 0 Å². The molecule has 0 radical (unpaired) electrons. The van der Waals surface area contributed by atoms with Crippen LogP contribution >= 0.6 is 0 Å². The second kappa shape index (κ2) is 6.86. The normalized spacial score (nSPS) is 13.5. The van der Waals surface area contributed by atoms with Gasteiger partial charge in [0.05, 0.1) is 5.75 Å². The highest BCUT2D eigenvalue weighted by atomic mass is 32.2. The Morgan fingerprint density at radius 3 is 2.57 bits per heavy atom. The van der Waals surface area contributed by atoms with Gasteiger partial charge in [-0.1, -0.05) is 6.92 Å². The van der Waals surface area contributed by atoms with Crippen LogP contribution in [0.25, 0.3) is 0 Å². The zero-order valence-corrected chi connectivity index (χ0v) is 9.73. The molecule has 0 spiro atoms. The molecule has 1 N–H and O–H groups in total. The summed E-state index contributed by atoms with van der Waals surface area (Å²) in [5.74, 6) is 2.70. The van der Waals surface area contributed by atoms with Crippen LogP contribution in [-0.2, 0) is 9.84 Å². The molecule has 0 bridgehead atoms. The Hall–Kier alpha value is -0.530. The van der Waals surface area contributed by atoms with Gasteiger partial charge in [0.1, 0.15) is 9.84 Å². The lowest BCUT2D eigenvalue weighted by Crippen LogP contribution is -2.35. The molecule has 0 rings (SSSR count). The molecule has 14 heavy (non-hydrogen) atoms. The van der Waals surface area contributed by atoms with Crippen molar-refractivity contribution < 1.29 is 8.42 Å². The number of rotatable bonds is 7. The number of hydrogen-bond donors (Lipinski definition) is 1. The van der Waals surface area contributed by atoms with Gasteiger partial charge in [0.15, 0.2) is 0 Å². The van der Waals surface area contributed by atoms with Crippen molar-refractivity contribution in [3.8, 4) is 12.3 Å². The zero-order chi connectivity index (χ0) is 11.0. The second-order valence-electron chi connectivity index (χ2n) is 3.49. The summed E-state index contributed by atoms with van der Waals surface area (Å²) in [6, 6.07) is 0.000926. The highest BCUT2D eigenvalue weighted by molar-refractivity contribution is 7.90. The van der Waals surface area contributed by atoms with Crippen LogP contribution in [0.1, 0.15) is 26.2 Å². The fourth-order valence-corrected chi connectivity index (χ4v) is 2.23. The Labute approximate surface area is 87.2 Å². The van der Waals surface area contributed by atoms with E-state index in [-0.39, 0.29) is 11.8 Å². The number of sulfone groups is 1. The molecule has 0 aromatic heterocycles. The summed E-state index contributed by atoms with van der Waals surface area (Å²) < 4.78 is 22.2. The molecule has 1 unspecified atom stereocenters. The molecular formula is C10H19NO2S. The standard InChI is InChI=1S/C10H19NO2S/c1-4-6-7-10(11-8-5-2)9-14(3,12)13/h1,10-11H,5-9H2,2-3H3. The highest BCUT2D eigenvalue weighted by Gasteiger charge is 2.13. The van der Waals surface area contributed by atoms with Crippen LogP contribution in [0.5, 0.6) is 0 Å². The first-order valence-corrected chi connectivity index (χ1v) is 6.90. The SMILES string of the molecule is C#CCCC(CS(C)(=O)=O)NCCC. The number of terminal acetylenes is 1. The lowest BCUT2D eigenvalue weighted by Gasteiger charge is -2.15. The average Bonchev–Trinajstić information content (AvgIpc) is 2.07. The Balaban J connectivity index is 4.04. The number of nitrogens with one attached hydrogen (secondary N) is 1. The van der Waals surface area contributed by atoms with E-state index in [9.17, 15) is 8.42 Å². The van der Waals surface area contributed by atoms with Crippen LogP contribution < -0.4 is 5.32 Å². The second-order valence-corrected chi connectivity index (χ2v) is 5.67. The van der Waals surface area contributed by atoms with Crippen molar-refractivity contribution in [2.75, 3.05) is 18.6 Å². The Kier molecular flexibility index (Phi) is 6.60. The quantitative estimate of drug-likeness (QED) is 0.642. The van der Waals surface area contributed by atoms with Gasteiger partial charge in [-0.15, -0.1) is 12.3 Å². The van der Waals surface area contributed by atoms with E-state index in [0.717, 1.165) is 19.4 Å². The van der Waals surface area contributed by atoms with Gasteiger partial charge >= 0.3 is 0 Å². The van der Waals surface area contributed by atoms with Gasteiger partial charge in [0.25, 0.3) is 0 Å². The lowest BCUT2D eigenvalue weighted by atomic mass is 10.2. The van der Waals surface area contributed by atoms with Crippen molar-refractivity contribution >= 4 is 9.84 Å². The topological polar surface area (TPSA) is 46.2 Å². The smallest absolute Gasteiger partial charge is 0.148 e. The Morgan fingerprint density at radius 2 is 2.14 bits per heavy atom. The van der Waals surface area contributed by atoms with E-state index in [2.05, 4.69) is 11.2 Å². The van der Waals surface area contributed by atoms with Gasteiger partial charge in [0.2, 0.25) is 0 Å². The molecule has 0 aliphatic heterocycles. The Morgan fingerprint density at radius 1 is 1.50 bits per heavy atom. The van der Waals surface area contributed by atoms with Gasteiger partial charge in [-0.25, -0.2) is 8.42 Å². The predicted octanol–water partition coefficient (Wildman–Crippen LogP) is 0.813. The van der Waals surface area contributed by atoms with E-state index < -0.39 is 9.84 Å². The van der Waals surface area contributed by atoms with Gasteiger partial charge in [-0.05, 0) is 19.4 Å². The monoisotopic (exact) mass is 217 g/mol. The molecule has 0 heterocycles. The molecule has 0 aliphatic carbocycles. The van der Waals surface area contributed by atoms with Crippen LogP contribution in [0.4, 0.5) is 0 Å². The molecule has 3 nitrogen and oxygen atoms in total. The predicted molar refractivity (Wildman–Crippen MR) is 59.9 cm³/mol. The van der Waals surface area contributed by atoms with Crippen molar-refractivity contribution in [2.24, 2.45) is 0 Å². The summed E-state index contributed by atoms with van der Waals surface area (Å²) in [6.07, 6.45) is 8.74. The van der Waals surface area contributed by atoms with E-state index in [4.69, 9.17) is 6.42 Å². The largest absolute Gasteiger partial charge is 0.313 e. The maximum absolute atomic E-state index is 11.1. The number of hydrogen-bond acceptors (Lipinski definition) is 3. The molecule has 4 heteroatoms. The molecule has 0 fully saturated rings. The molecule has 0 saturated carbocycles. The van der Waals surface area contributed by atoms with Crippen LogP contribution in [0, 0.1) is 12.3 Å². The van der Waals surface area contributed by atoms with Crippen LogP contribution in [-0.4, -0.2) is 33.0 Å². The van der Waals surface area contributed by atoms with Gasteiger partial charge < -0.3 is 5.32 Å². The summed E-state index contributed by atoms with van der Waals surface area (Å²) >= 11 is 0. The van der Waals surface area contributed by atoms with E-state index >= 15 is 0 Å².